The summed E-state index contributed by atoms with van der Waals surface area (Å²) in [4.78, 5) is 12.5. The number of hydrogen-bond acceptors (Lipinski definition) is 5. The van der Waals surface area contributed by atoms with Gasteiger partial charge in [0.15, 0.2) is 23.0 Å². The van der Waals surface area contributed by atoms with Gasteiger partial charge in [-0.15, -0.1) is 0 Å². The highest BCUT2D eigenvalue weighted by Gasteiger charge is 2.18. The standard InChI is InChI=1S/C22H22N2O4/c1-2-15(16-6-4-3-5-7-16)14-23-22(25)18-13-20(28-24-18)17-8-9-19-21(12-17)27-11-10-26-19/h3-9,12-13,15H,2,10-11,14H2,1H3,(H,23,25). The van der Waals surface area contributed by atoms with E-state index in [-0.39, 0.29) is 17.5 Å². The fourth-order valence-corrected chi connectivity index (χ4v) is 3.24. The highest BCUT2D eigenvalue weighted by atomic mass is 16.6. The minimum absolute atomic E-state index is 0.248. The van der Waals surface area contributed by atoms with Crippen molar-refractivity contribution in [2.45, 2.75) is 19.3 Å². The van der Waals surface area contributed by atoms with Crippen molar-refractivity contribution in [1.82, 2.24) is 10.5 Å². The topological polar surface area (TPSA) is 73.6 Å². The minimum Gasteiger partial charge on any atom is -0.486 e. The molecule has 1 N–H and O–H groups in total. The quantitative estimate of drug-likeness (QED) is 0.701. The Labute approximate surface area is 163 Å². The van der Waals surface area contributed by atoms with E-state index >= 15 is 0 Å². The molecule has 1 amide bonds. The number of amides is 1. The van der Waals surface area contributed by atoms with Crippen LogP contribution in [0.15, 0.2) is 59.1 Å². The number of fused-ring (bicyclic) bond motifs is 1. The number of nitrogens with one attached hydrogen (secondary N) is 1. The number of carbonyl (C=O) groups excluding carboxylic acids is 1. The molecule has 3 aromatic rings. The Kier molecular flexibility index (Phi) is 5.28. The molecule has 1 unspecified atom stereocenters. The molecule has 144 valence electrons. The van der Waals surface area contributed by atoms with Crippen LogP contribution in [-0.4, -0.2) is 30.8 Å². The molecule has 1 aliphatic heterocycles. The van der Waals surface area contributed by atoms with Crippen molar-refractivity contribution < 1.29 is 18.8 Å². The summed E-state index contributed by atoms with van der Waals surface area (Å²) in [5, 5.41) is 6.88. The van der Waals surface area contributed by atoms with Gasteiger partial charge >= 0.3 is 0 Å². The third kappa shape index (κ3) is 3.86. The Morgan fingerprint density at radius 1 is 1.07 bits per heavy atom. The molecule has 2 heterocycles. The molecular formula is C22H22N2O4. The zero-order chi connectivity index (χ0) is 19.3. The first-order valence-electron chi connectivity index (χ1n) is 9.44. The molecule has 0 radical (unpaired) electrons. The van der Waals surface area contributed by atoms with Crippen LogP contribution in [0.2, 0.25) is 0 Å². The molecule has 6 nitrogen and oxygen atoms in total. The van der Waals surface area contributed by atoms with Gasteiger partial charge in [0.1, 0.15) is 13.2 Å². The third-order valence-electron chi connectivity index (χ3n) is 4.84. The fourth-order valence-electron chi connectivity index (χ4n) is 3.24. The Bertz CT molecular complexity index is 952. The lowest BCUT2D eigenvalue weighted by atomic mass is 9.96. The molecule has 0 fully saturated rings. The molecule has 0 aliphatic carbocycles. The molecule has 0 saturated carbocycles. The maximum absolute atomic E-state index is 12.5. The zero-order valence-electron chi connectivity index (χ0n) is 15.7. The van der Waals surface area contributed by atoms with Crippen LogP contribution in [0.4, 0.5) is 0 Å². The Balaban J connectivity index is 1.43. The maximum atomic E-state index is 12.5. The van der Waals surface area contributed by atoms with Gasteiger partial charge in [-0.25, -0.2) is 0 Å². The van der Waals surface area contributed by atoms with E-state index in [2.05, 4.69) is 29.5 Å². The number of carbonyl (C=O) groups is 1. The average molecular weight is 378 g/mol. The molecule has 4 rings (SSSR count). The fraction of sp³-hybridized carbons (Fsp3) is 0.273. The van der Waals surface area contributed by atoms with E-state index in [0.29, 0.717) is 37.0 Å². The highest BCUT2D eigenvalue weighted by molar-refractivity contribution is 5.93. The zero-order valence-corrected chi connectivity index (χ0v) is 15.7. The second-order valence-electron chi connectivity index (χ2n) is 6.66. The Morgan fingerprint density at radius 3 is 2.64 bits per heavy atom. The summed E-state index contributed by atoms with van der Waals surface area (Å²) >= 11 is 0. The summed E-state index contributed by atoms with van der Waals surface area (Å²) in [5.74, 6) is 1.90. The maximum Gasteiger partial charge on any atom is 0.273 e. The van der Waals surface area contributed by atoms with Gasteiger partial charge in [0.05, 0.1) is 0 Å². The number of ether oxygens (including phenoxy) is 2. The van der Waals surface area contributed by atoms with Crippen molar-refractivity contribution in [3.8, 4) is 22.8 Å². The van der Waals surface area contributed by atoms with Crippen LogP contribution in [0.5, 0.6) is 11.5 Å². The van der Waals surface area contributed by atoms with Gasteiger partial charge in [0.25, 0.3) is 5.91 Å². The summed E-state index contributed by atoms with van der Waals surface area (Å²) in [6.45, 7) is 3.71. The van der Waals surface area contributed by atoms with E-state index < -0.39 is 0 Å². The first-order valence-corrected chi connectivity index (χ1v) is 9.44. The van der Waals surface area contributed by atoms with Crippen molar-refractivity contribution >= 4 is 5.91 Å². The van der Waals surface area contributed by atoms with Crippen LogP contribution >= 0.6 is 0 Å². The smallest absolute Gasteiger partial charge is 0.273 e. The second-order valence-corrected chi connectivity index (χ2v) is 6.66. The Morgan fingerprint density at radius 2 is 1.86 bits per heavy atom. The van der Waals surface area contributed by atoms with Crippen LogP contribution in [-0.2, 0) is 0 Å². The molecule has 1 aromatic heterocycles. The summed E-state index contributed by atoms with van der Waals surface area (Å²) < 4.78 is 16.5. The van der Waals surface area contributed by atoms with Gasteiger partial charge in [-0.3, -0.25) is 4.79 Å². The van der Waals surface area contributed by atoms with Gasteiger partial charge in [-0.2, -0.15) is 0 Å². The molecule has 1 aliphatic rings. The van der Waals surface area contributed by atoms with Crippen LogP contribution in [0.1, 0.15) is 35.3 Å². The first-order chi connectivity index (χ1) is 13.7. The monoisotopic (exact) mass is 378 g/mol. The molecular weight excluding hydrogens is 356 g/mol. The van der Waals surface area contributed by atoms with E-state index in [0.717, 1.165) is 12.0 Å². The first kappa shape index (κ1) is 18.1. The average Bonchev–Trinajstić information content (AvgIpc) is 3.25. The number of benzene rings is 2. The van der Waals surface area contributed by atoms with Crippen LogP contribution in [0.25, 0.3) is 11.3 Å². The third-order valence-corrected chi connectivity index (χ3v) is 4.84. The van der Waals surface area contributed by atoms with Crippen LogP contribution in [0.3, 0.4) is 0 Å². The van der Waals surface area contributed by atoms with Crippen molar-refractivity contribution in [3.05, 3.63) is 65.9 Å². The van der Waals surface area contributed by atoms with E-state index in [1.807, 2.05) is 36.4 Å². The van der Waals surface area contributed by atoms with E-state index in [1.165, 1.54) is 5.56 Å². The highest BCUT2D eigenvalue weighted by Crippen LogP contribution is 2.34. The van der Waals surface area contributed by atoms with Gasteiger partial charge in [-0.05, 0) is 30.2 Å². The molecule has 6 heteroatoms. The summed E-state index contributed by atoms with van der Waals surface area (Å²) in [6.07, 6.45) is 0.936. The Hall–Kier alpha value is -3.28. The van der Waals surface area contributed by atoms with E-state index in [4.69, 9.17) is 14.0 Å². The van der Waals surface area contributed by atoms with Crippen molar-refractivity contribution in [1.29, 1.82) is 0 Å². The number of rotatable bonds is 6. The van der Waals surface area contributed by atoms with Crippen molar-refractivity contribution in [2.24, 2.45) is 0 Å². The molecule has 0 spiro atoms. The summed E-state index contributed by atoms with van der Waals surface area (Å²) in [5.41, 5.74) is 2.25. The lowest BCUT2D eigenvalue weighted by Gasteiger charge is -2.18. The van der Waals surface area contributed by atoms with Crippen LogP contribution < -0.4 is 14.8 Å². The van der Waals surface area contributed by atoms with E-state index in [9.17, 15) is 4.79 Å². The normalized spacial score (nSPS) is 13.8. The van der Waals surface area contributed by atoms with Crippen molar-refractivity contribution in [2.75, 3.05) is 19.8 Å². The van der Waals surface area contributed by atoms with Crippen molar-refractivity contribution in [3.63, 3.8) is 0 Å². The summed E-state index contributed by atoms with van der Waals surface area (Å²) in [7, 11) is 0. The van der Waals surface area contributed by atoms with Gasteiger partial charge < -0.3 is 19.3 Å². The number of aromatic nitrogens is 1. The lowest BCUT2D eigenvalue weighted by molar-refractivity contribution is 0.0942. The van der Waals surface area contributed by atoms with Gasteiger partial charge in [0, 0.05) is 24.1 Å². The van der Waals surface area contributed by atoms with E-state index in [1.54, 1.807) is 6.07 Å². The number of hydrogen-bond donors (Lipinski definition) is 1. The predicted octanol–water partition coefficient (Wildman–Crippen LogP) is 4.04. The van der Waals surface area contributed by atoms with Gasteiger partial charge in [0.2, 0.25) is 0 Å². The lowest BCUT2D eigenvalue weighted by Crippen LogP contribution is -2.28. The van der Waals surface area contributed by atoms with Crippen LogP contribution in [0, 0.1) is 0 Å². The molecule has 1 atom stereocenters. The predicted molar refractivity (Wildman–Crippen MR) is 105 cm³/mol. The minimum atomic E-state index is -0.248. The number of nitrogens with zero attached hydrogens (tertiary/aromatic N) is 1. The largest absolute Gasteiger partial charge is 0.486 e. The SMILES string of the molecule is CCC(CNC(=O)c1cc(-c2ccc3c(c2)OCCO3)on1)c1ccccc1. The molecule has 2 aromatic carbocycles. The van der Waals surface area contributed by atoms with Gasteiger partial charge in [-0.1, -0.05) is 42.4 Å². The molecule has 0 saturated heterocycles. The second kappa shape index (κ2) is 8.17. The molecule has 28 heavy (non-hydrogen) atoms. The summed E-state index contributed by atoms with van der Waals surface area (Å²) in [6, 6.07) is 17.3. The molecule has 0 bridgehead atoms.